The minimum Gasteiger partial charge on any atom is -0.506 e. The number of hydrogen-bond donors (Lipinski definition) is 2. The molecule has 0 bridgehead atoms. The minimum atomic E-state index is -1.22. The lowest BCUT2D eigenvalue weighted by Gasteiger charge is -2.47. The first-order chi connectivity index (χ1) is 10.6. The number of rotatable bonds is 3. The number of carboxylic acids is 1. The molecule has 2 atom stereocenters. The van der Waals surface area contributed by atoms with Crippen LogP contribution in [0.3, 0.4) is 0 Å². The number of carbonyl (C=O) groups is 1. The Kier molecular flexibility index (Phi) is 5.56. The Morgan fingerprint density at radius 2 is 1.74 bits per heavy atom. The molecular weight excluding hydrogens is 560 g/mol. The van der Waals surface area contributed by atoms with Crippen molar-refractivity contribution in [2.24, 2.45) is 5.41 Å². The second kappa shape index (κ2) is 6.65. The molecule has 0 amide bonds. The fourth-order valence-electron chi connectivity index (χ4n) is 2.93. The zero-order valence-corrected chi connectivity index (χ0v) is 18.6. The number of alkyl halides is 1. The molecule has 1 aromatic carbocycles. The molecule has 0 spiro atoms. The van der Waals surface area contributed by atoms with E-state index in [1.54, 1.807) is 18.2 Å². The Hall–Kier alpha value is -0.110. The Labute approximate surface area is 168 Å². The smallest absolute Gasteiger partial charge is 0.317 e. The fourth-order valence-corrected chi connectivity index (χ4v) is 6.68. The van der Waals surface area contributed by atoms with Crippen molar-refractivity contribution in [3.63, 3.8) is 0 Å². The largest absolute Gasteiger partial charge is 0.506 e. The van der Waals surface area contributed by atoms with E-state index in [1.807, 2.05) is 26.0 Å². The first-order valence-corrected chi connectivity index (χ1v) is 9.96. The zero-order chi connectivity index (χ0) is 17.6. The SMILES string of the molecule is CC(C)(c1cc(Br)c(O)c(Br)c1)C1(C(=O)O)C(Br)=CC=CC1Br. The lowest BCUT2D eigenvalue weighted by atomic mass is 9.59. The lowest BCUT2D eigenvalue weighted by Crippen LogP contribution is -2.53. The molecule has 2 N–H and O–H groups in total. The van der Waals surface area contributed by atoms with E-state index in [0.717, 1.165) is 5.56 Å². The maximum absolute atomic E-state index is 12.3. The van der Waals surface area contributed by atoms with Crippen LogP contribution in [0.25, 0.3) is 0 Å². The van der Waals surface area contributed by atoms with Crippen LogP contribution in [0.15, 0.2) is 43.8 Å². The summed E-state index contributed by atoms with van der Waals surface area (Å²) in [4.78, 5) is 12.0. The number of aliphatic carboxylic acids is 1. The van der Waals surface area contributed by atoms with Crippen LogP contribution in [0.2, 0.25) is 0 Å². The monoisotopic (exact) mass is 570 g/mol. The summed E-state index contributed by atoms with van der Waals surface area (Å²) in [5, 5.41) is 20.0. The van der Waals surface area contributed by atoms with Gasteiger partial charge in [0.25, 0.3) is 0 Å². The van der Waals surface area contributed by atoms with Crippen molar-refractivity contribution >= 4 is 69.7 Å². The maximum Gasteiger partial charge on any atom is 0.317 e. The molecule has 7 heteroatoms. The average molecular weight is 574 g/mol. The van der Waals surface area contributed by atoms with Crippen LogP contribution in [0, 0.1) is 5.41 Å². The van der Waals surface area contributed by atoms with E-state index in [-0.39, 0.29) is 5.75 Å². The van der Waals surface area contributed by atoms with Crippen molar-refractivity contribution in [3.8, 4) is 5.75 Å². The van der Waals surface area contributed by atoms with Gasteiger partial charge in [0.2, 0.25) is 0 Å². The predicted molar refractivity (Wildman–Crippen MR) is 105 cm³/mol. The number of aromatic hydroxyl groups is 1. The zero-order valence-electron chi connectivity index (χ0n) is 12.3. The van der Waals surface area contributed by atoms with Gasteiger partial charge in [-0.3, -0.25) is 4.79 Å². The van der Waals surface area contributed by atoms with Gasteiger partial charge in [-0.25, -0.2) is 0 Å². The average Bonchev–Trinajstić information content (AvgIpc) is 2.43. The van der Waals surface area contributed by atoms with E-state index in [0.29, 0.717) is 13.4 Å². The van der Waals surface area contributed by atoms with Gasteiger partial charge in [0.05, 0.1) is 13.8 Å². The topological polar surface area (TPSA) is 57.5 Å². The van der Waals surface area contributed by atoms with Gasteiger partial charge in [0, 0.05) is 9.90 Å². The Morgan fingerprint density at radius 3 is 2.17 bits per heavy atom. The summed E-state index contributed by atoms with van der Waals surface area (Å²) in [7, 11) is 0. The van der Waals surface area contributed by atoms with Crippen LogP contribution in [0.4, 0.5) is 0 Å². The van der Waals surface area contributed by atoms with E-state index in [1.165, 1.54) is 0 Å². The van der Waals surface area contributed by atoms with Crippen molar-refractivity contribution in [3.05, 3.63) is 49.4 Å². The van der Waals surface area contributed by atoms with Gasteiger partial charge in [-0.15, -0.1) is 0 Å². The molecule has 23 heavy (non-hydrogen) atoms. The van der Waals surface area contributed by atoms with E-state index in [4.69, 9.17) is 0 Å². The first kappa shape index (κ1) is 19.2. The molecule has 1 aliphatic carbocycles. The number of phenols is 1. The van der Waals surface area contributed by atoms with Gasteiger partial charge in [0.15, 0.2) is 0 Å². The number of hydrogen-bond acceptors (Lipinski definition) is 2. The van der Waals surface area contributed by atoms with Crippen LogP contribution < -0.4 is 0 Å². The summed E-state index contributed by atoms with van der Waals surface area (Å²) in [6.45, 7) is 3.77. The number of benzene rings is 1. The van der Waals surface area contributed by atoms with E-state index >= 15 is 0 Å². The lowest BCUT2D eigenvalue weighted by molar-refractivity contribution is -0.149. The van der Waals surface area contributed by atoms with Crippen molar-refractivity contribution in [1.29, 1.82) is 0 Å². The highest BCUT2D eigenvalue weighted by Gasteiger charge is 2.58. The van der Waals surface area contributed by atoms with E-state index in [9.17, 15) is 15.0 Å². The van der Waals surface area contributed by atoms with Crippen LogP contribution in [0.5, 0.6) is 5.75 Å². The molecule has 124 valence electrons. The van der Waals surface area contributed by atoms with Crippen molar-refractivity contribution in [1.82, 2.24) is 0 Å². The molecule has 0 saturated carbocycles. The number of allylic oxidation sites excluding steroid dienone is 3. The third-order valence-corrected chi connectivity index (χ3v) is 7.47. The fraction of sp³-hybridized carbons (Fsp3) is 0.312. The predicted octanol–water partition coefficient (Wildman–Crippen LogP) is 5.88. The van der Waals surface area contributed by atoms with Crippen molar-refractivity contribution in [2.45, 2.75) is 24.1 Å². The van der Waals surface area contributed by atoms with Gasteiger partial charge < -0.3 is 10.2 Å². The summed E-state index contributed by atoms with van der Waals surface area (Å²) in [5.41, 5.74) is -1.23. The number of phenolic OH excluding ortho intramolecular Hbond substituents is 1. The second-order valence-corrected chi connectivity index (χ2v) is 9.38. The Bertz CT molecular complexity index is 701. The maximum atomic E-state index is 12.3. The molecular formula is C16H14Br4O3. The van der Waals surface area contributed by atoms with E-state index in [2.05, 4.69) is 63.7 Å². The van der Waals surface area contributed by atoms with Gasteiger partial charge >= 0.3 is 5.97 Å². The highest BCUT2D eigenvalue weighted by molar-refractivity contribution is 9.12. The molecule has 0 radical (unpaired) electrons. The number of carboxylic acid groups (broad SMARTS) is 1. The summed E-state index contributed by atoms with van der Waals surface area (Å²) >= 11 is 13.6. The molecule has 0 aromatic heterocycles. The molecule has 1 aliphatic rings. The summed E-state index contributed by atoms with van der Waals surface area (Å²) in [6.07, 6.45) is 5.41. The normalized spacial score (nSPS) is 24.4. The minimum absolute atomic E-state index is 0.0856. The van der Waals surface area contributed by atoms with Crippen LogP contribution in [-0.2, 0) is 10.2 Å². The molecule has 0 heterocycles. The summed E-state index contributed by atoms with van der Waals surface area (Å²) in [5.74, 6) is -0.848. The molecule has 0 fully saturated rings. The van der Waals surface area contributed by atoms with Crippen LogP contribution >= 0.6 is 63.7 Å². The van der Waals surface area contributed by atoms with Crippen LogP contribution in [-0.4, -0.2) is 21.0 Å². The van der Waals surface area contributed by atoms with Gasteiger partial charge in [-0.1, -0.05) is 63.9 Å². The summed E-state index contributed by atoms with van der Waals surface area (Å²) in [6, 6.07) is 3.51. The molecule has 0 aliphatic heterocycles. The Morgan fingerprint density at radius 1 is 1.22 bits per heavy atom. The van der Waals surface area contributed by atoms with Gasteiger partial charge in [-0.2, -0.15) is 0 Å². The highest BCUT2D eigenvalue weighted by Crippen LogP contribution is 2.56. The second-order valence-electron chi connectivity index (χ2n) is 5.83. The molecule has 2 unspecified atom stereocenters. The third-order valence-electron chi connectivity index (χ3n) is 4.37. The van der Waals surface area contributed by atoms with Crippen LogP contribution in [0.1, 0.15) is 19.4 Å². The van der Waals surface area contributed by atoms with Crippen molar-refractivity contribution < 1.29 is 15.0 Å². The summed E-state index contributed by atoms with van der Waals surface area (Å²) < 4.78 is 1.60. The van der Waals surface area contributed by atoms with Crippen molar-refractivity contribution in [2.75, 3.05) is 0 Å². The highest BCUT2D eigenvalue weighted by atomic mass is 79.9. The third kappa shape index (κ3) is 2.87. The van der Waals surface area contributed by atoms with E-state index < -0.39 is 21.6 Å². The van der Waals surface area contributed by atoms with Gasteiger partial charge in [-0.05, 0) is 49.6 Å². The van der Waals surface area contributed by atoms with Gasteiger partial charge in [0.1, 0.15) is 11.2 Å². The Balaban J connectivity index is 2.75. The molecule has 3 nitrogen and oxygen atoms in total. The number of halogens is 4. The standard InChI is InChI=1S/C16H14Br4O3/c1-15(2,8-6-9(17)13(21)10(18)7-8)16(14(22)23)11(19)4-3-5-12(16)20/h3-7,11,21H,1-2H3,(H,22,23). The molecule has 2 rings (SSSR count). The quantitative estimate of drug-likeness (QED) is 0.444. The first-order valence-electron chi connectivity index (χ1n) is 6.67. The molecule has 1 aromatic rings. The molecule has 0 saturated heterocycles.